The lowest BCUT2D eigenvalue weighted by Crippen LogP contribution is -2.11. The summed E-state index contributed by atoms with van der Waals surface area (Å²) in [5, 5.41) is 0. The fourth-order valence-electron chi connectivity index (χ4n) is 1.57. The standard InChI is InChI=1S/C12H20S/c1-3-4-8-12(13)9-10(2)11-6-5-7-11/h8-9,11,13H,3-7H2,1-2H3/b10-9+,12-8+. The molecule has 0 heterocycles. The number of rotatable bonds is 4. The average Bonchev–Trinajstić information content (AvgIpc) is 1.97. The first kappa shape index (κ1) is 10.9. The van der Waals surface area contributed by atoms with Crippen molar-refractivity contribution in [2.75, 3.05) is 0 Å². The average molecular weight is 196 g/mol. The Balaban J connectivity index is 2.42. The van der Waals surface area contributed by atoms with Crippen molar-refractivity contribution in [3.63, 3.8) is 0 Å². The van der Waals surface area contributed by atoms with Crippen molar-refractivity contribution in [1.29, 1.82) is 0 Å². The molecule has 13 heavy (non-hydrogen) atoms. The van der Waals surface area contributed by atoms with Gasteiger partial charge in [-0.2, -0.15) is 0 Å². The number of hydrogen-bond acceptors (Lipinski definition) is 1. The Hall–Kier alpha value is -0.170. The van der Waals surface area contributed by atoms with Crippen LogP contribution in [0.25, 0.3) is 0 Å². The van der Waals surface area contributed by atoms with Crippen molar-refractivity contribution < 1.29 is 0 Å². The maximum Gasteiger partial charge on any atom is -0.0000448 e. The van der Waals surface area contributed by atoms with E-state index in [1.54, 1.807) is 0 Å². The molecule has 0 saturated heterocycles. The van der Waals surface area contributed by atoms with E-state index in [9.17, 15) is 0 Å². The Morgan fingerprint density at radius 2 is 2.15 bits per heavy atom. The molecule has 0 bridgehead atoms. The van der Waals surface area contributed by atoms with E-state index in [-0.39, 0.29) is 0 Å². The molecule has 1 rings (SSSR count). The van der Waals surface area contributed by atoms with Crippen molar-refractivity contribution >= 4 is 12.6 Å². The van der Waals surface area contributed by atoms with E-state index in [0.717, 1.165) is 17.2 Å². The first-order valence-electron chi connectivity index (χ1n) is 5.31. The predicted octanol–water partition coefficient (Wildman–Crippen LogP) is 4.35. The van der Waals surface area contributed by atoms with Crippen LogP contribution < -0.4 is 0 Å². The number of allylic oxidation sites excluding steroid dienone is 3. The highest BCUT2D eigenvalue weighted by Gasteiger charge is 2.18. The van der Waals surface area contributed by atoms with Gasteiger partial charge in [0.2, 0.25) is 0 Å². The Labute approximate surface area is 87.5 Å². The minimum Gasteiger partial charge on any atom is -0.144 e. The summed E-state index contributed by atoms with van der Waals surface area (Å²) in [4.78, 5) is 1.14. The molecule has 1 saturated carbocycles. The molecule has 1 aliphatic carbocycles. The molecule has 0 nitrogen and oxygen atoms in total. The van der Waals surface area contributed by atoms with Gasteiger partial charge in [0.05, 0.1) is 0 Å². The van der Waals surface area contributed by atoms with Crippen LogP contribution in [0.5, 0.6) is 0 Å². The van der Waals surface area contributed by atoms with Gasteiger partial charge in [-0.25, -0.2) is 0 Å². The van der Waals surface area contributed by atoms with Crippen molar-refractivity contribution in [2.45, 2.75) is 46.0 Å². The van der Waals surface area contributed by atoms with Crippen LogP contribution in [0.3, 0.4) is 0 Å². The Morgan fingerprint density at radius 1 is 1.46 bits per heavy atom. The van der Waals surface area contributed by atoms with Gasteiger partial charge in [0.15, 0.2) is 0 Å². The zero-order chi connectivity index (χ0) is 9.68. The minimum atomic E-state index is 0.858. The third-order valence-electron chi connectivity index (χ3n) is 2.77. The van der Waals surface area contributed by atoms with E-state index in [0.29, 0.717) is 0 Å². The maximum atomic E-state index is 4.45. The second-order valence-corrected chi connectivity index (χ2v) is 4.45. The van der Waals surface area contributed by atoms with Crippen LogP contribution in [0.15, 0.2) is 22.6 Å². The third-order valence-corrected chi connectivity index (χ3v) is 3.08. The largest absolute Gasteiger partial charge is 0.144 e. The Morgan fingerprint density at radius 3 is 2.62 bits per heavy atom. The molecule has 0 aromatic rings. The molecule has 1 fully saturated rings. The van der Waals surface area contributed by atoms with Gasteiger partial charge >= 0.3 is 0 Å². The van der Waals surface area contributed by atoms with Crippen LogP contribution in [-0.4, -0.2) is 0 Å². The zero-order valence-electron chi connectivity index (χ0n) is 8.71. The van der Waals surface area contributed by atoms with E-state index in [1.165, 1.54) is 31.3 Å². The fourth-order valence-corrected chi connectivity index (χ4v) is 1.90. The van der Waals surface area contributed by atoms with Crippen LogP contribution in [0.1, 0.15) is 46.0 Å². The lowest BCUT2D eigenvalue weighted by atomic mass is 9.80. The van der Waals surface area contributed by atoms with E-state index >= 15 is 0 Å². The molecule has 0 amide bonds. The summed E-state index contributed by atoms with van der Waals surface area (Å²) in [6.07, 6.45) is 11.0. The summed E-state index contributed by atoms with van der Waals surface area (Å²) in [5.41, 5.74) is 1.52. The van der Waals surface area contributed by atoms with Crippen LogP contribution in [0.4, 0.5) is 0 Å². The van der Waals surface area contributed by atoms with Crippen molar-refractivity contribution in [3.8, 4) is 0 Å². The highest BCUT2D eigenvalue weighted by atomic mass is 32.1. The smallest absolute Gasteiger partial charge is 0.0000448 e. The minimum absolute atomic E-state index is 0.858. The molecule has 0 atom stereocenters. The second kappa shape index (κ2) is 5.54. The van der Waals surface area contributed by atoms with E-state index in [2.05, 4.69) is 38.6 Å². The van der Waals surface area contributed by atoms with Gasteiger partial charge in [-0.3, -0.25) is 0 Å². The molecular weight excluding hydrogens is 176 g/mol. The van der Waals surface area contributed by atoms with E-state index in [1.807, 2.05) is 0 Å². The van der Waals surface area contributed by atoms with Crippen LogP contribution in [-0.2, 0) is 0 Å². The fraction of sp³-hybridized carbons (Fsp3) is 0.667. The lowest BCUT2D eigenvalue weighted by molar-refractivity contribution is 0.368. The Kier molecular flexibility index (Phi) is 4.65. The highest BCUT2D eigenvalue weighted by molar-refractivity contribution is 7.84. The molecule has 0 spiro atoms. The quantitative estimate of drug-likeness (QED) is 0.501. The molecule has 0 unspecified atom stereocenters. The lowest BCUT2D eigenvalue weighted by Gasteiger charge is -2.26. The number of thiol groups is 1. The van der Waals surface area contributed by atoms with Gasteiger partial charge in [0, 0.05) is 0 Å². The summed E-state index contributed by atoms with van der Waals surface area (Å²) in [5.74, 6) is 0.858. The summed E-state index contributed by atoms with van der Waals surface area (Å²) < 4.78 is 0. The third kappa shape index (κ3) is 3.60. The molecular formula is C12H20S. The Bertz CT molecular complexity index is 209. The first-order chi connectivity index (χ1) is 6.24. The normalized spacial score (nSPS) is 20.2. The molecule has 74 valence electrons. The van der Waals surface area contributed by atoms with E-state index < -0.39 is 0 Å². The number of hydrogen-bond donors (Lipinski definition) is 1. The van der Waals surface area contributed by atoms with Crippen molar-refractivity contribution in [3.05, 3.63) is 22.6 Å². The van der Waals surface area contributed by atoms with Crippen molar-refractivity contribution in [2.24, 2.45) is 5.92 Å². The monoisotopic (exact) mass is 196 g/mol. The molecule has 0 aromatic carbocycles. The highest BCUT2D eigenvalue weighted by Crippen LogP contribution is 2.33. The summed E-state index contributed by atoms with van der Waals surface area (Å²) >= 11 is 4.45. The van der Waals surface area contributed by atoms with Crippen LogP contribution in [0.2, 0.25) is 0 Å². The second-order valence-electron chi connectivity index (χ2n) is 3.93. The molecule has 1 aliphatic rings. The molecule has 0 radical (unpaired) electrons. The topological polar surface area (TPSA) is 0 Å². The van der Waals surface area contributed by atoms with Gasteiger partial charge in [0.1, 0.15) is 0 Å². The molecule has 0 aliphatic heterocycles. The molecule has 0 aromatic heterocycles. The maximum absolute atomic E-state index is 4.45. The van der Waals surface area contributed by atoms with Gasteiger partial charge in [0.25, 0.3) is 0 Å². The van der Waals surface area contributed by atoms with E-state index in [4.69, 9.17) is 0 Å². The first-order valence-corrected chi connectivity index (χ1v) is 5.76. The predicted molar refractivity (Wildman–Crippen MR) is 63.1 cm³/mol. The van der Waals surface area contributed by atoms with Crippen LogP contribution in [0, 0.1) is 5.92 Å². The molecule has 0 N–H and O–H groups in total. The number of unbranched alkanes of at least 4 members (excludes halogenated alkanes) is 1. The van der Waals surface area contributed by atoms with Gasteiger partial charge in [-0.1, -0.05) is 31.4 Å². The zero-order valence-corrected chi connectivity index (χ0v) is 9.61. The van der Waals surface area contributed by atoms with Gasteiger partial charge in [-0.05, 0) is 43.1 Å². The summed E-state index contributed by atoms with van der Waals surface area (Å²) in [6, 6.07) is 0. The SMILES string of the molecule is CCC/C=C(S)\C=C(/C)C1CCC1. The summed E-state index contributed by atoms with van der Waals surface area (Å²) in [6.45, 7) is 4.43. The van der Waals surface area contributed by atoms with Crippen LogP contribution >= 0.6 is 12.6 Å². The van der Waals surface area contributed by atoms with Crippen molar-refractivity contribution in [1.82, 2.24) is 0 Å². The molecule has 1 heteroatoms. The van der Waals surface area contributed by atoms with Gasteiger partial charge in [-0.15, -0.1) is 12.6 Å². The summed E-state index contributed by atoms with van der Waals surface area (Å²) in [7, 11) is 0. The van der Waals surface area contributed by atoms with Gasteiger partial charge < -0.3 is 0 Å².